The Kier molecular flexibility index (Phi) is 5.19. The zero-order chi connectivity index (χ0) is 6.41. The van der Waals surface area contributed by atoms with Crippen molar-refractivity contribution in [1.82, 2.24) is 0 Å². The summed E-state index contributed by atoms with van der Waals surface area (Å²) in [4.78, 5) is 0. The van der Waals surface area contributed by atoms with E-state index >= 15 is 0 Å². The third-order valence-electron chi connectivity index (χ3n) is 0.971. The van der Waals surface area contributed by atoms with Crippen LogP contribution in [0.5, 0.6) is 0 Å². The molecule has 0 aromatic rings. The van der Waals surface area contributed by atoms with Crippen LogP contribution in [0.4, 0.5) is 0 Å². The number of alkyl halides is 1. The highest BCUT2D eigenvalue weighted by Gasteiger charge is 1.90. The van der Waals surface area contributed by atoms with Crippen molar-refractivity contribution in [3.05, 3.63) is 12.2 Å². The quantitative estimate of drug-likeness (QED) is 0.409. The summed E-state index contributed by atoms with van der Waals surface area (Å²) in [6.45, 7) is 4.19. The smallest absolute Gasteiger partial charge is 0.0513 e. The van der Waals surface area contributed by atoms with Crippen molar-refractivity contribution in [2.45, 2.75) is 32.1 Å². The van der Waals surface area contributed by atoms with Crippen LogP contribution >= 0.6 is 11.6 Å². The van der Waals surface area contributed by atoms with E-state index in [0.29, 0.717) is 0 Å². The Morgan fingerprint density at radius 2 is 2.12 bits per heavy atom. The van der Waals surface area contributed by atoms with Gasteiger partial charge in [-0.05, 0) is 12.8 Å². The Morgan fingerprint density at radius 3 is 2.50 bits per heavy atom. The van der Waals surface area contributed by atoms with Gasteiger partial charge in [0, 0.05) is 0 Å². The van der Waals surface area contributed by atoms with Gasteiger partial charge in [0.15, 0.2) is 0 Å². The van der Waals surface area contributed by atoms with Crippen LogP contribution in [-0.2, 0) is 0 Å². The Balaban J connectivity index is 3.21. The van der Waals surface area contributed by atoms with Gasteiger partial charge in [-0.1, -0.05) is 26.0 Å². The molecule has 1 unspecified atom stereocenters. The molecule has 0 rings (SSSR count). The van der Waals surface area contributed by atoms with Gasteiger partial charge in [0.05, 0.1) is 5.38 Å². The summed E-state index contributed by atoms with van der Waals surface area (Å²) in [5, 5.41) is 0.245. The van der Waals surface area contributed by atoms with E-state index < -0.39 is 0 Å². The zero-order valence-corrected chi connectivity index (χ0v) is 6.28. The summed E-state index contributed by atoms with van der Waals surface area (Å²) in [6.07, 6.45) is 6.25. The molecule has 8 heavy (non-hydrogen) atoms. The van der Waals surface area contributed by atoms with Crippen LogP contribution in [0.3, 0.4) is 0 Å². The van der Waals surface area contributed by atoms with E-state index in [9.17, 15) is 0 Å². The van der Waals surface area contributed by atoms with Crippen molar-refractivity contribution in [3.8, 4) is 0 Å². The molecule has 0 aliphatic heterocycles. The minimum absolute atomic E-state index is 0.245. The summed E-state index contributed by atoms with van der Waals surface area (Å²) >= 11 is 5.76. The lowest BCUT2D eigenvalue weighted by Crippen LogP contribution is -1.86. The number of hydrogen-bond acceptors (Lipinski definition) is 0. The summed E-state index contributed by atoms with van der Waals surface area (Å²) in [5.74, 6) is 0. The molecule has 1 atom stereocenters. The first-order valence-electron chi connectivity index (χ1n) is 3.12. The van der Waals surface area contributed by atoms with E-state index in [1.54, 1.807) is 0 Å². The van der Waals surface area contributed by atoms with E-state index in [4.69, 9.17) is 11.6 Å². The second-order valence-electron chi connectivity index (χ2n) is 1.76. The maximum Gasteiger partial charge on any atom is 0.0513 e. The Hall–Kier alpha value is 0.0300. The molecule has 48 valence electrons. The van der Waals surface area contributed by atoms with Gasteiger partial charge in [-0.15, -0.1) is 11.6 Å². The predicted molar refractivity (Wildman–Crippen MR) is 39.4 cm³/mol. The minimum atomic E-state index is 0.245. The molecule has 0 saturated carbocycles. The monoisotopic (exact) mass is 132 g/mol. The molecule has 0 aromatic carbocycles. The molecule has 0 aromatic heterocycles. The SMILES string of the molecule is CC/C=C/C(Cl)CC. The van der Waals surface area contributed by atoms with Gasteiger partial charge in [-0.3, -0.25) is 0 Å². The van der Waals surface area contributed by atoms with Crippen molar-refractivity contribution in [1.29, 1.82) is 0 Å². The van der Waals surface area contributed by atoms with E-state index in [0.717, 1.165) is 12.8 Å². The van der Waals surface area contributed by atoms with Crippen molar-refractivity contribution >= 4 is 11.6 Å². The van der Waals surface area contributed by atoms with Crippen LogP contribution < -0.4 is 0 Å². The van der Waals surface area contributed by atoms with Crippen molar-refractivity contribution < 1.29 is 0 Å². The van der Waals surface area contributed by atoms with Crippen LogP contribution in [0.25, 0.3) is 0 Å². The van der Waals surface area contributed by atoms with Gasteiger partial charge in [-0.2, -0.15) is 0 Å². The van der Waals surface area contributed by atoms with Crippen LogP contribution in [0.15, 0.2) is 12.2 Å². The van der Waals surface area contributed by atoms with Crippen LogP contribution in [-0.4, -0.2) is 5.38 Å². The maximum atomic E-state index is 5.76. The normalized spacial score (nSPS) is 14.9. The second-order valence-corrected chi connectivity index (χ2v) is 2.32. The fourth-order valence-corrected chi connectivity index (χ4v) is 0.523. The zero-order valence-electron chi connectivity index (χ0n) is 5.52. The van der Waals surface area contributed by atoms with Gasteiger partial charge in [-0.25, -0.2) is 0 Å². The molecule has 0 spiro atoms. The highest BCUT2D eigenvalue weighted by atomic mass is 35.5. The van der Waals surface area contributed by atoms with Gasteiger partial charge < -0.3 is 0 Å². The van der Waals surface area contributed by atoms with Crippen LogP contribution in [0, 0.1) is 0 Å². The van der Waals surface area contributed by atoms with Gasteiger partial charge in [0.25, 0.3) is 0 Å². The molecular weight excluding hydrogens is 120 g/mol. The molecule has 0 aliphatic carbocycles. The maximum absolute atomic E-state index is 5.76. The van der Waals surface area contributed by atoms with Crippen LogP contribution in [0.1, 0.15) is 26.7 Å². The second kappa shape index (κ2) is 5.17. The van der Waals surface area contributed by atoms with Gasteiger partial charge in [0.1, 0.15) is 0 Å². The topological polar surface area (TPSA) is 0 Å². The predicted octanol–water partition coefficient (Wildman–Crippen LogP) is 2.97. The fraction of sp³-hybridized carbons (Fsp3) is 0.714. The third-order valence-corrected chi connectivity index (χ3v) is 1.42. The number of halogens is 1. The van der Waals surface area contributed by atoms with Crippen LogP contribution in [0.2, 0.25) is 0 Å². The molecule has 0 N–H and O–H groups in total. The first-order valence-corrected chi connectivity index (χ1v) is 3.55. The molecule has 0 radical (unpaired) electrons. The first kappa shape index (κ1) is 8.03. The summed E-state index contributed by atoms with van der Waals surface area (Å²) in [7, 11) is 0. The molecule has 1 heteroatoms. The molecule has 0 bridgehead atoms. The standard InChI is InChI=1S/C7H13Cl/c1-3-5-6-7(8)4-2/h5-7H,3-4H2,1-2H3/b6-5+. The minimum Gasteiger partial charge on any atom is -0.118 e. The van der Waals surface area contributed by atoms with E-state index in [2.05, 4.69) is 19.9 Å². The lowest BCUT2D eigenvalue weighted by Gasteiger charge is -1.94. The first-order chi connectivity index (χ1) is 3.81. The largest absolute Gasteiger partial charge is 0.118 e. The highest BCUT2D eigenvalue weighted by Crippen LogP contribution is 2.02. The molecule has 0 aliphatic rings. The summed E-state index contributed by atoms with van der Waals surface area (Å²) in [6, 6.07) is 0. The Bertz CT molecular complexity index is 66.8. The van der Waals surface area contributed by atoms with Gasteiger partial charge >= 0.3 is 0 Å². The fourth-order valence-electron chi connectivity index (χ4n) is 0.420. The summed E-state index contributed by atoms with van der Waals surface area (Å²) < 4.78 is 0. The number of hydrogen-bond donors (Lipinski definition) is 0. The van der Waals surface area contributed by atoms with Gasteiger partial charge in [0.2, 0.25) is 0 Å². The lowest BCUT2D eigenvalue weighted by molar-refractivity contribution is 0.959. The Labute approximate surface area is 56.5 Å². The highest BCUT2D eigenvalue weighted by molar-refractivity contribution is 6.21. The van der Waals surface area contributed by atoms with E-state index in [-0.39, 0.29) is 5.38 Å². The molecule has 0 heterocycles. The van der Waals surface area contributed by atoms with E-state index in [1.807, 2.05) is 6.08 Å². The molecular formula is C7H13Cl. The molecule has 0 fully saturated rings. The summed E-state index contributed by atoms with van der Waals surface area (Å²) in [5.41, 5.74) is 0. The average Bonchev–Trinajstić information content (AvgIpc) is 1.83. The third kappa shape index (κ3) is 4.20. The Morgan fingerprint density at radius 1 is 1.50 bits per heavy atom. The molecule has 0 amide bonds. The average molecular weight is 133 g/mol. The lowest BCUT2D eigenvalue weighted by atomic mass is 10.3. The van der Waals surface area contributed by atoms with Crippen molar-refractivity contribution in [3.63, 3.8) is 0 Å². The van der Waals surface area contributed by atoms with Crippen molar-refractivity contribution in [2.75, 3.05) is 0 Å². The molecule has 0 saturated heterocycles. The molecule has 0 nitrogen and oxygen atoms in total. The van der Waals surface area contributed by atoms with Crippen molar-refractivity contribution in [2.24, 2.45) is 0 Å². The van der Waals surface area contributed by atoms with E-state index in [1.165, 1.54) is 0 Å². The number of allylic oxidation sites excluding steroid dienone is 2. The number of rotatable bonds is 3.